The highest BCUT2D eigenvalue weighted by atomic mass is 35.5. The lowest BCUT2D eigenvalue weighted by molar-refractivity contribution is -0.120. The first-order valence-corrected chi connectivity index (χ1v) is 10.3. The minimum atomic E-state index is -0.802. The Hall–Kier alpha value is -4.24. The van der Waals surface area contributed by atoms with E-state index in [0.29, 0.717) is 17.2 Å². The number of carbonyl (C=O) groups excluding carboxylic acids is 3. The van der Waals surface area contributed by atoms with E-state index in [-0.39, 0.29) is 22.1 Å². The van der Waals surface area contributed by atoms with Gasteiger partial charge in [-0.1, -0.05) is 29.8 Å². The van der Waals surface area contributed by atoms with Crippen LogP contribution in [0.4, 0.5) is 5.69 Å². The van der Waals surface area contributed by atoms with E-state index in [0.717, 1.165) is 0 Å². The number of primary amides is 1. The molecular formula is C24H21ClN2O7. The predicted octanol–water partition coefficient (Wildman–Crippen LogP) is 3.80. The number of hydrogen-bond acceptors (Lipinski definition) is 7. The Labute approximate surface area is 200 Å². The second-order valence-corrected chi connectivity index (χ2v) is 7.22. The van der Waals surface area contributed by atoms with Crippen LogP contribution in [0.1, 0.15) is 10.4 Å². The van der Waals surface area contributed by atoms with Gasteiger partial charge in [-0.05, 0) is 48.5 Å². The van der Waals surface area contributed by atoms with E-state index >= 15 is 0 Å². The highest BCUT2D eigenvalue weighted by molar-refractivity contribution is 6.32. The molecule has 0 spiro atoms. The van der Waals surface area contributed by atoms with Crippen molar-refractivity contribution < 1.29 is 33.3 Å². The molecule has 0 unspecified atom stereocenters. The van der Waals surface area contributed by atoms with E-state index in [9.17, 15) is 14.4 Å². The molecule has 10 heteroatoms. The van der Waals surface area contributed by atoms with Crippen molar-refractivity contribution in [3.63, 3.8) is 0 Å². The molecule has 0 fully saturated rings. The van der Waals surface area contributed by atoms with Crippen LogP contribution in [-0.2, 0) is 14.3 Å². The third-order valence-electron chi connectivity index (χ3n) is 4.28. The lowest BCUT2D eigenvalue weighted by atomic mass is 10.2. The van der Waals surface area contributed by atoms with Gasteiger partial charge in [-0.15, -0.1) is 0 Å². The summed E-state index contributed by atoms with van der Waals surface area (Å²) in [4.78, 5) is 35.5. The Balaban J connectivity index is 1.54. The molecule has 0 saturated carbocycles. The summed E-state index contributed by atoms with van der Waals surface area (Å²) in [6, 6.07) is 18.6. The molecule has 2 amide bonds. The number of halogens is 1. The van der Waals surface area contributed by atoms with Gasteiger partial charge in [0.1, 0.15) is 11.5 Å². The number of amides is 2. The fourth-order valence-corrected chi connectivity index (χ4v) is 3.03. The minimum absolute atomic E-state index is 0.00909. The van der Waals surface area contributed by atoms with E-state index in [1.165, 1.54) is 19.2 Å². The zero-order valence-corrected chi connectivity index (χ0v) is 18.8. The third-order valence-corrected chi connectivity index (χ3v) is 4.56. The maximum Gasteiger partial charge on any atom is 0.338 e. The summed E-state index contributed by atoms with van der Waals surface area (Å²) in [5.74, 6) is -0.598. The van der Waals surface area contributed by atoms with Gasteiger partial charge in [0.2, 0.25) is 0 Å². The molecule has 34 heavy (non-hydrogen) atoms. The van der Waals surface area contributed by atoms with Crippen molar-refractivity contribution in [2.75, 3.05) is 25.6 Å². The Morgan fingerprint density at radius 1 is 0.941 bits per heavy atom. The standard InChI is InChI=1S/C24H21ClN2O7/c1-31-20-12-15(11-19(25)23(20)32-13-21(26)28)24(30)33-14-22(29)27-16-7-9-18(10-8-16)34-17-5-3-2-4-6-17/h2-12H,13-14H2,1H3,(H2,26,28)(H,27,29). The zero-order chi connectivity index (χ0) is 24.5. The summed E-state index contributed by atoms with van der Waals surface area (Å²) >= 11 is 6.12. The number of methoxy groups -OCH3 is 1. The lowest BCUT2D eigenvalue weighted by Crippen LogP contribution is -2.21. The fourth-order valence-electron chi connectivity index (χ4n) is 2.76. The highest BCUT2D eigenvalue weighted by Gasteiger charge is 2.18. The number of carbonyl (C=O) groups is 3. The van der Waals surface area contributed by atoms with E-state index in [4.69, 9.17) is 36.3 Å². The average Bonchev–Trinajstić information content (AvgIpc) is 2.83. The van der Waals surface area contributed by atoms with Crippen molar-refractivity contribution in [3.8, 4) is 23.0 Å². The number of nitrogens with one attached hydrogen (secondary N) is 1. The minimum Gasteiger partial charge on any atom is -0.493 e. The molecule has 0 aromatic heterocycles. The summed E-state index contributed by atoms with van der Waals surface area (Å²) in [6.07, 6.45) is 0. The van der Waals surface area contributed by atoms with Gasteiger partial charge in [0, 0.05) is 5.69 Å². The molecule has 0 radical (unpaired) electrons. The molecule has 0 bridgehead atoms. The summed E-state index contributed by atoms with van der Waals surface area (Å²) in [7, 11) is 1.33. The summed E-state index contributed by atoms with van der Waals surface area (Å²) in [5.41, 5.74) is 5.59. The fraction of sp³-hybridized carbons (Fsp3) is 0.125. The lowest BCUT2D eigenvalue weighted by Gasteiger charge is -2.13. The quantitative estimate of drug-likeness (QED) is 0.419. The molecule has 0 aliphatic rings. The van der Waals surface area contributed by atoms with Gasteiger partial charge in [-0.25, -0.2) is 4.79 Å². The molecule has 0 aliphatic carbocycles. The Morgan fingerprint density at radius 2 is 1.62 bits per heavy atom. The maximum absolute atomic E-state index is 12.4. The van der Waals surface area contributed by atoms with Crippen molar-refractivity contribution in [2.45, 2.75) is 0 Å². The largest absolute Gasteiger partial charge is 0.493 e. The van der Waals surface area contributed by atoms with Gasteiger partial charge in [0.15, 0.2) is 24.7 Å². The van der Waals surface area contributed by atoms with Crippen LogP contribution >= 0.6 is 11.6 Å². The van der Waals surface area contributed by atoms with Crippen LogP contribution in [0.25, 0.3) is 0 Å². The number of nitrogens with two attached hydrogens (primary N) is 1. The van der Waals surface area contributed by atoms with Gasteiger partial charge >= 0.3 is 5.97 Å². The van der Waals surface area contributed by atoms with Crippen LogP contribution in [0, 0.1) is 0 Å². The first-order chi connectivity index (χ1) is 16.4. The van der Waals surface area contributed by atoms with Crippen molar-refractivity contribution in [2.24, 2.45) is 5.73 Å². The van der Waals surface area contributed by atoms with E-state index in [1.807, 2.05) is 30.3 Å². The van der Waals surface area contributed by atoms with Crippen LogP contribution in [0.2, 0.25) is 5.02 Å². The molecular weight excluding hydrogens is 464 g/mol. The van der Waals surface area contributed by atoms with Crippen molar-refractivity contribution in [3.05, 3.63) is 77.3 Å². The van der Waals surface area contributed by atoms with Gasteiger partial charge in [-0.2, -0.15) is 0 Å². The van der Waals surface area contributed by atoms with Crippen molar-refractivity contribution >= 4 is 35.1 Å². The van der Waals surface area contributed by atoms with Gasteiger partial charge in [0.05, 0.1) is 17.7 Å². The molecule has 176 valence electrons. The molecule has 3 aromatic rings. The van der Waals surface area contributed by atoms with E-state index in [1.54, 1.807) is 24.3 Å². The number of para-hydroxylation sites is 1. The van der Waals surface area contributed by atoms with Crippen LogP contribution in [0.5, 0.6) is 23.0 Å². The van der Waals surface area contributed by atoms with Crippen molar-refractivity contribution in [1.82, 2.24) is 0 Å². The first kappa shape index (κ1) is 24.4. The average molecular weight is 485 g/mol. The Morgan fingerprint density at radius 3 is 2.26 bits per heavy atom. The molecule has 3 aromatic carbocycles. The third kappa shape index (κ3) is 6.88. The molecule has 3 rings (SSSR count). The number of benzene rings is 3. The van der Waals surface area contributed by atoms with E-state index < -0.39 is 31.0 Å². The van der Waals surface area contributed by atoms with Crippen LogP contribution in [0.3, 0.4) is 0 Å². The number of esters is 1. The summed E-state index contributed by atoms with van der Waals surface area (Å²) < 4.78 is 21.1. The van der Waals surface area contributed by atoms with Gasteiger partial charge in [0.25, 0.3) is 11.8 Å². The number of anilines is 1. The molecule has 0 heterocycles. The second-order valence-electron chi connectivity index (χ2n) is 6.81. The monoisotopic (exact) mass is 484 g/mol. The topological polar surface area (TPSA) is 126 Å². The van der Waals surface area contributed by atoms with Crippen molar-refractivity contribution in [1.29, 1.82) is 0 Å². The normalized spacial score (nSPS) is 10.2. The number of hydrogen-bond donors (Lipinski definition) is 2. The van der Waals surface area contributed by atoms with Crippen LogP contribution in [-0.4, -0.2) is 38.1 Å². The summed E-state index contributed by atoms with van der Waals surface area (Å²) in [5, 5.41) is 2.63. The van der Waals surface area contributed by atoms with Crippen LogP contribution in [0.15, 0.2) is 66.7 Å². The number of rotatable bonds is 10. The predicted molar refractivity (Wildman–Crippen MR) is 125 cm³/mol. The smallest absolute Gasteiger partial charge is 0.338 e. The van der Waals surface area contributed by atoms with Crippen LogP contribution < -0.4 is 25.3 Å². The summed E-state index contributed by atoms with van der Waals surface area (Å²) in [6.45, 7) is -0.944. The Bertz CT molecular complexity index is 1170. The highest BCUT2D eigenvalue weighted by Crippen LogP contribution is 2.36. The maximum atomic E-state index is 12.4. The molecule has 0 atom stereocenters. The number of ether oxygens (including phenoxy) is 4. The van der Waals surface area contributed by atoms with Gasteiger partial charge < -0.3 is 30.0 Å². The second kappa shape index (κ2) is 11.6. The van der Waals surface area contributed by atoms with E-state index in [2.05, 4.69) is 5.32 Å². The molecule has 0 aliphatic heterocycles. The Kier molecular flexibility index (Phi) is 8.31. The van der Waals surface area contributed by atoms with Gasteiger partial charge in [-0.3, -0.25) is 9.59 Å². The molecule has 3 N–H and O–H groups in total. The molecule has 9 nitrogen and oxygen atoms in total. The molecule has 0 saturated heterocycles. The first-order valence-electron chi connectivity index (χ1n) is 9.94. The zero-order valence-electron chi connectivity index (χ0n) is 18.1. The SMILES string of the molecule is COc1cc(C(=O)OCC(=O)Nc2ccc(Oc3ccccc3)cc2)cc(Cl)c1OCC(N)=O.